The van der Waals surface area contributed by atoms with E-state index >= 15 is 0 Å². The number of hydrogen-bond acceptors (Lipinski definition) is 6. The summed E-state index contributed by atoms with van der Waals surface area (Å²) < 4.78 is 5.34. The third-order valence-corrected chi connectivity index (χ3v) is 5.46. The Morgan fingerprint density at radius 3 is 3.32 bits per heavy atom. The lowest BCUT2D eigenvalue weighted by atomic mass is 10.2. The number of thioether (sulfide) groups is 1. The van der Waals surface area contributed by atoms with Gasteiger partial charge in [-0.15, -0.1) is 23.1 Å². The number of nitrogens with one attached hydrogen (secondary N) is 1. The molecule has 2 aromatic rings. The molecule has 0 spiro atoms. The third kappa shape index (κ3) is 3.71. The SMILES string of the molecule is C[C@H]1CNCCN1C(=O)CSCc1cc(-c2cccs2)on1. The van der Waals surface area contributed by atoms with E-state index in [-0.39, 0.29) is 11.9 Å². The molecule has 5 nitrogen and oxygen atoms in total. The van der Waals surface area contributed by atoms with Crippen LogP contribution < -0.4 is 5.32 Å². The molecule has 118 valence electrons. The Hall–Kier alpha value is -1.31. The summed E-state index contributed by atoms with van der Waals surface area (Å²) in [6, 6.07) is 6.23. The second kappa shape index (κ2) is 7.30. The van der Waals surface area contributed by atoms with E-state index in [0.29, 0.717) is 11.5 Å². The molecule has 1 atom stereocenters. The lowest BCUT2D eigenvalue weighted by Crippen LogP contribution is -2.52. The molecule has 0 aliphatic carbocycles. The summed E-state index contributed by atoms with van der Waals surface area (Å²) in [5.74, 6) is 2.20. The van der Waals surface area contributed by atoms with Gasteiger partial charge in [-0.3, -0.25) is 4.79 Å². The van der Waals surface area contributed by atoms with Gasteiger partial charge in [-0.25, -0.2) is 0 Å². The largest absolute Gasteiger partial charge is 0.355 e. The Bertz CT molecular complexity index is 612. The number of piperazine rings is 1. The zero-order valence-corrected chi connectivity index (χ0v) is 14.1. The highest BCUT2D eigenvalue weighted by Crippen LogP contribution is 2.26. The molecule has 0 radical (unpaired) electrons. The molecule has 1 aliphatic heterocycles. The van der Waals surface area contributed by atoms with Crippen LogP contribution >= 0.6 is 23.1 Å². The average molecular weight is 337 g/mol. The van der Waals surface area contributed by atoms with Crippen LogP contribution in [0.25, 0.3) is 10.6 Å². The van der Waals surface area contributed by atoms with Crippen LogP contribution in [0.2, 0.25) is 0 Å². The second-order valence-electron chi connectivity index (χ2n) is 5.29. The van der Waals surface area contributed by atoms with Crippen molar-refractivity contribution in [3.05, 3.63) is 29.3 Å². The number of carbonyl (C=O) groups is 1. The van der Waals surface area contributed by atoms with Gasteiger partial charge in [-0.2, -0.15) is 0 Å². The minimum absolute atomic E-state index is 0.209. The second-order valence-corrected chi connectivity index (χ2v) is 7.23. The molecule has 3 rings (SSSR count). The molecule has 1 fully saturated rings. The van der Waals surface area contributed by atoms with Crippen LogP contribution in [0.15, 0.2) is 28.1 Å². The van der Waals surface area contributed by atoms with E-state index in [1.165, 1.54) is 0 Å². The maximum atomic E-state index is 12.2. The molecule has 1 amide bonds. The Labute approximate surface area is 138 Å². The van der Waals surface area contributed by atoms with Gasteiger partial charge in [0.15, 0.2) is 5.76 Å². The van der Waals surface area contributed by atoms with Gasteiger partial charge in [0, 0.05) is 37.5 Å². The lowest BCUT2D eigenvalue weighted by molar-refractivity contribution is -0.131. The molecule has 0 unspecified atom stereocenters. The van der Waals surface area contributed by atoms with Crippen molar-refractivity contribution < 1.29 is 9.32 Å². The zero-order valence-electron chi connectivity index (χ0n) is 12.4. The van der Waals surface area contributed by atoms with Gasteiger partial charge in [0.25, 0.3) is 0 Å². The lowest BCUT2D eigenvalue weighted by Gasteiger charge is -2.33. The number of amides is 1. The predicted octanol–water partition coefficient (Wildman–Crippen LogP) is 2.46. The summed E-state index contributed by atoms with van der Waals surface area (Å²) in [6.07, 6.45) is 0. The Kier molecular flexibility index (Phi) is 5.17. The van der Waals surface area contributed by atoms with Crippen LogP contribution in [0.1, 0.15) is 12.6 Å². The van der Waals surface area contributed by atoms with Gasteiger partial charge < -0.3 is 14.7 Å². The van der Waals surface area contributed by atoms with Crippen LogP contribution in [0, 0.1) is 0 Å². The summed E-state index contributed by atoms with van der Waals surface area (Å²) in [5.41, 5.74) is 0.884. The van der Waals surface area contributed by atoms with Gasteiger partial charge in [0.2, 0.25) is 5.91 Å². The number of rotatable bonds is 5. The molecular weight excluding hydrogens is 318 g/mol. The molecule has 22 heavy (non-hydrogen) atoms. The Morgan fingerprint density at radius 1 is 1.64 bits per heavy atom. The molecule has 3 heterocycles. The maximum absolute atomic E-state index is 12.2. The molecule has 2 aromatic heterocycles. The van der Waals surface area contributed by atoms with Crippen molar-refractivity contribution in [3.8, 4) is 10.6 Å². The molecule has 1 aliphatic rings. The number of hydrogen-bond donors (Lipinski definition) is 1. The van der Waals surface area contributed by atoms with Crippen molar-refractivity contribution in [2.75, 3.05) is 25.4 Å². The molecule has 7 heteroatoms. The van der Waals surface area contributed by atoms with Crippen molar-refractivity contribution in [2.24, 2.45) is 0 Å². The van der Waals surface area contributed by atoms with Gasteiger partial charge in [-0.1, -0.05) is 11.2 Å². The first kappa shape index (κ1) is 15.6. The molecule has 1 N–H and O–H groups in total. The smallest absolute Gasteiger partial charge is 0.232 e. The Balaban J connectivity index is 1.48. The summed E-state index contributed by atoms with van der Waals surface area (Å²) in [4.78, 5) is 15.3. The summed E-state index contributed by atoms with van der Waals surface area (Å²) >= 11 is 3.22. The van der Waals surface area contributed by atoms with Crippen molar-refractivity contribution in [1.29, 1.82) is 0 Å². The van der Waals surface area contributed by atoms with Gasteiger partial charge >= 0.3 is 0 Å². The first-order valence-corrected chi connectivity index (χ1v) is 9.35. The van der Waals surface area contributed by atoms with Crippen molar-refractivity contribution in [2.45, 2.75) is 18.7 Å². The number of carbonyl (C=O) groups excluding carboxylic acids is 1. The van der Waals surface area contributed by atoms with Gasteiger partial charge in [0.05, 0.1) is 16.3 Å². The number of aromatic nitrogens is 1. The highest BCUT2D eigenvalue weighted by Gasteiger charge is 2.22. The fourth-order valence-electron chi connectivity index (χ4n) is 2.45. The normalized spacial score (nSPS) is 18.6. The Morgan fingerprint density at radius 2 is 2.55 bits per heavy atom. The molecule has 1 saturated heterocycles. The van der Waals surface area contributed by atoms with E-state index in [9.17, 15) is 4.79 Å². The van der Waals surface area contributed by atoms with E-state index in [1.54, 1.807) is 23.1 Å². The van der Waals surface area contributed by atoms with Crippen molar-refractivity contribution in [1.82, 2.24) is 15.4 Å². The third-order valence-electron chi connectivity index (χ3n) is 3.62. The van der Waals surface area contributed by atoms with E-state index < -0.39 is 0 Å². The highest BCUT2D eigenvalue weighted by atomic mass is 32.2. The van der Waals surface area contributed by atoms with Crippen LogP contribution in [0.3, 0.4) is 0 Å². The summed E-state index contributed by atoms with van der Waals surface area (Å²) in [7, 11) is 0. The maximum Gasteiger partial charge on any atom is 0.232 e. The molecular formula is C15H19N3O2S2. The monoisotopic (exact) mass is 337 g/mol. The number of thiophene rings is 1. The minimum Gasteiger partial charge on any atom is -0.355 e. The van der Waals surface area contributed by atoms with Crippen LogP contribution in [-0.2, 0) is 10.5 Å². The zero-order chi connectivity index (χ0) is 15.4. The quantitative estimate of drug-likeness (QED) is 0.908. The van der Waals surface area contributed by atoms with Crippen LogP contribution in [0.5, 0.6) is 0 Å². The molecule has 0 saturated carbocycles. The van der Waals surface area contributed by atoms with Crippen molar-refractivity contribution >= 4 is 29.0 Å². The first-order chi connectivity index (χ1) is 10.7. The fourth-order valence-corrected chi connectivity index (χ4v) is 3.91. The summed E-state index contributed by atoms with van der Waals surface area (Å²) in [5, 5.41) is 9.38. The van der Waals surface area contributed by atoms with Crippen LogP contribution in [0.4, 0.5) is 0 Å². The first-order valence-electron chi connectivity index (χ1n) is 7.31. The molecule has 0 aromatic carbocycles. The summed E-state index contributed by atoms with van der Waals surface area (Å²) in [6.45, 7) is 4.64. The van der Waals surface area contributed by atoms with E-state index in [2.05, 4.69) is 17.4 Å². The van der Waals surface area contributed by atoms with E-state index in [1.807, 2.05) is 28.5 Å². The highest BCUT2D eigenvalue weighted by molar-refractivity contribution is 7.99. The number of nitrogens with zero attached hydrogens (tertiary/aromatic N) is 2. The van der Waals surface area contributed by atoms with Crippen LogP contribution in [-0.4, -0.2) is 47.4 Å². The minimum atomic E-state index is 0.209. The van der Waals surface area contributed by atoms with Gasteiger partial charge in [-0.05, 0) is 18.4 Å². The van der Waals surface area contributed by atoms with Crippen molar-refractivity contribution in [3.63, 3.8) is 0 Å². The predicted molar refractivity (Wildman–Crippen MR) is 90.0 cm³/mol. The molecule has 0 bridgehead atoms. The average Bonchev–Trinajstić information content (AvgIpc) is 3.18. The van der Waals surface area contributed by atoms with Gasteiger partial charge in [0.1, 0.15) is 0 Å². The standard InChI is InChI=1S/C15H19N3O2S2/c1-11-8-16-4-5-18(11)15(19)10-21-9-12-7-13(20-17-12)14-3-2-6-22-14/h2-3,6-7,11,16H,4-5,8-10H2,1H3/t11-/m0/s1. The fraction of sp³-hybridized carbons (Fsp3) is 0.467. The topological polar surface area (TPSA) is 58.4 Å². The van der Waals surface area contributed by atoms with E-state index in [4.69, 9.17) is 4.52 Å². The van der Waals surface area contributed by atoms with E-state index in [0.717, 1.165) is 36.0 Å².